The van der Waals surface area contributed by atoms with E-state index in [9.17, 15) is 5.11 Å². The van der Waals surface area contributed by atoms with E-state index in [-0.39, 0.29) is 11.8 Å². The van der Waals surface area contributed by atoms with Gasteiger partial charge in [0, 0.05) is 33.9 Å². The summed E-state index contributed by atoms with van der Waals surface area (Å²) < 4.78 is 17.3. The molecule has 1 aromatic rings. The first kappa shape index (κ1) is 14.0. The fraction of sp³-hybridized carbons (Fsp3) is 0.667. The summed E-state index contributed by atoms with van der Waals surface area (Å²) in [5.41, 5.74) is 0. The van der Waals surface area contributed by atoms with Crippen LogP contribution in [-0.2, 0) is 19.8 Å². The molecule has 0 atom stereocenters. The molecule has 98 valence electrons. The molecule has 0 bridgehead atoms. The summed E-state index contributed by atoms with van der Waals surface area (Å²) in [7, 11) is 2.11. The van der Waals surface area contributed by atoms with Gasteiger partial charge in [0.2, 0.25) is 0 Å². The average molecular weight is 262 g/mol. The topological polar surface area (TPSA) is 86.0 Å². The van der Waals surface area contributed by atoms with Gasteiger partial charge in [-0.05, 0) is 6.42 Å². The van der Waals surface area contributed by atoms with Crippen molar-refractivity contribution in [2.75, 3.05) is 21.3 Å². The van der Waals surface area contributed by atoms with Crippen molar-refractivity contribution in [3.63, 3.8) is 0 Å². The average Bonchev–Trinajstić information content (AvgIpc) is 2.67. The van der Waals surface area contributed by atoms with E-state index in [1.807, 2.05) is 0 Å². The van der Waals surface area contributed by atoms with Crippen LogP contribution in [0, 0.1) is 0 Å². The molecule has 0 saturated heterocycles. The van der Waals surface area contributed by atoms with Crippen LogP contribution in [0.4, 0.5) is 0 Å². The van der Waals surface area contributed by atoms with Crippen LogP contribution in [-0.4, -0.2) is 49.9 Å². The standard InChI is InChI=1S/C9H18N2O5Si/c1-14-17(15-2,16-3)6-4-5-11-7-10-8(12)9(11)13/h7,12-13H,4-6H2,1-3H3. The molecule has 0 aliphatic rings. The Hall–Kier alpha value is -1.09. The number of rotatable bonds is 7. The van der Waals surface area contributed by atoms with E-state index in [1.54, 1.807) is 21.3 Å². The number of aromatic nitrogens is 2. The minimum Gasteiger partial charge on any atom is -0.491 e. The highest BCUT2D eigenvalue weighted by atomic mass is 28.4. The summed E-state index contributed by atoms with van der Waals surface area (Å²) in [4.78, 5) is 3.58. The highest BCUT2D eigenvalue weighted by Gasteiger charge is 2.36. The van der Waals surface area contributed by atoms with E-state index in [4.69, 9.17) is 18.4 Å². The fourth-order valence-electron chi connectivity index (χ4n) is 1.55. The van der Waals surface area contributed by atoms with Gasteiger partial charge in [-0.2, -0.15) is 4.98 Å². The van der Waals surface area contributed by atoms with Crippen LogP contribution in [0.2, 0.25) is 6.04 Å². The minimum absolute atomic E-state index is 0.232. The summed E-state index contributed by atoms with van der Waals surface area (Å²) in [5, 5.41) is 18.5. The van der Waals surface area contributed by atoms with Crippen molar-refractivity contribution in [1.82, 2.24) is 9.55 Å². The van der Waals surface area contributed by atoms with Gasteiger partial charge in [-0.25, -0.2) is 0 Å². The molecule has 1 heterocycles. The van der Waals surface area contributed by atoms with Gasteiger partial charge in [0.25, 0.3) is 11.8 Å². The molecule has 0 fully saturated rings. The van der Waals surface area contributed by atoms with Gasteiger partial charge in [-0.3, -0.25) is 4.57 Å². The first-order chi connectivity index (χ1) is 8.08. The SMILES string of the molecule is CO[Si](CCCn1cnc(O)c1O)(OC)OC. The maximum Gasteiger partial charge on any atom is 0.500 e. The highest BCUT2D eigenvalue weighted by Crippen LogP contribution is 2.23. The van der Waals surface area contributed by atoms with Crippen molar-refractivity contribution < 1.29 is 23.5 Å². The van der Waals surface area contributed by atoms with Gasteiger partial charge < -0.3 is 23.5 Å². The Bertz CT molecular complexity index is 345. The largest absolute Gasteiger partial charge is 0.500 e. The first-order valence-electron chi connectivity index (χ1n) is 5.17. The molecule has 0 spiro atoms. The van der Waals surface area contributed by atoms with Crippen molar-refractivity contribution in [2.45, 2.75) is 19.0 Å². The van der Waals surface area contributed by atoms with E-state index in [0.29, 0.717) is 19.0 Å². The van der Waals surface area contributed by atoms with Gasteiger partial charge in [0.1, 0.15) is 6.33 Å². The molecule has 0 aromatic carbocycles. The lowest BCUT2D eigenvalue weighted by Crippen LogP contribution is -2.42. The maximum absolute atomic E-state index is 9.41. The van der Waals surface area contributed by atoms with Crippen LogP contribution >= 0.6 is 0 Å². The number of hydrogen-bond donors (Lipinski definition) is 2. The molecule has 0 saturated carbocycles. The Morgan fingerprint density at radius 2 is 1.82 bits per heavy atom. The lowest BCUT2D eigenvalue weighted by Gasteiger charge is -2.24. The fourth-order valence-corrected chi connectivity index (χ4v) is 3.25. The van der Waals surface area contributed by atoms with Crippen LogP contribution in [0.15, 0.2) is 6.33 Å². The molecule has 17 heavy (non-hydrogen) atoms. The van der Waals surface area contributed by atoms with Gasteiger partial charge >= 0.3 is 8.80 Å². The predicted octanol–water partition coefficient (Wildman–Crippen LogP) is 0.562. The predicted molar refractivity (Wildman–Crippen MR) is 61.8 cm³/mol. The zero-order valence-corrected chi connectivity index (χ0v) is 11.2. The van der Waals surface area contributed by atoms with Gasteiger partial charge in [0.05, 0.1) is 0 Å². The maximum atomic E-state index is 9.41. The molecule has 0 aliphatic carbocycles. The molecule has 1 aromatic heterocycles. The lowest BCUT2D eigenvalue weighted by atomic mass is 10.5. The van der Waals surface area contributed by atoms with E-state index < -0.39 is 8.80 Å². The number of hydrogen-bond acceptors (Lipinski definition) is 6. The van der Waals surface area contributed by atoms with E-state index >= 15 is 0 Å². The highest BCUT2D eigenvalue weighted by molar-refractivity contribution is 6.60. The Morgan fingerprint density at radius 3 is 2.24 bits per heavy atom. The molecule has 0 amide bonds. The third-order valence-electron chi connectivity index (χ3n) is 2.61. The van der Waals surface area contributed by atoms with Crippen LogP contribution in [0.25, 0.3) is 0 Å². The van der Waals surface area contributed by atoms with E-state index in [1.165, 1.54) is 10.9 Å². The van der Waals surface area contributed by atoms with Crippen LogP contribution in [0.3, 0.4) is 0 Å². The molecule has 2 N–H and O–H groups in total. The number of nitrogens with zero attached hydrogens (tertiary/aromatic N) is 2. The Kier molecular flexibility index (Phi) is 4.94. The van der Waals surface area contributed by atoms with E-state index in [0.717, 1.165) is 0 Å². The Morgan fingerprint density at radius 1 is 1.24 bits per heavy atom. The summed E-state index contributed by atoms with van der Waals surface area (Å²) in [5.74, 6) is -0.594. The molecule has 0 aliphatic heterocycles. The number of aromatic hydroxyl groups is 2. The van der Waals surface area contributed by atoms with Gasteiger partial charge in [0.15, 0.2) is 0 Å². The summed E-state index contributed by atoms with van der Waals surface area (Å²) >= 11 is 0. The smallest absolute Gasteiger partial charge is 0.491 e. The van der Waals surface area contributed by atoms with E-state index in [2.05, 4.69) is 4.98 Å². The zero-order chi connectivity index (χ0) is 12.9. The Balaban J connectivity index is 2.49. The number of imidazole rings is 1. The Labute approximate surface area is 101 Å². The third-order valence-corrected chi connectivity index (χ3v) is 5.44. The molecule has 8 heteroatoms. The van der Waals surface area contributed by atoms with Crippen molar-refractivity contribution in [3.05, 3.63) is 6.33 Å². The van der Waals surface area contributed by atoms with Crippen molar-refractivity contribution in [1.29, 1.82) is 0 Å². The quantitative estimate of drug-likeness (QED) is 0.698. The van der Waals surface area contributed by atoms with Gasteiger partial charge in [-0.15, -0.1) is 0 Å². The summed E-state index contributed by atoms with van der Waals surface area (Å²) in [6.07, 6.45) is 2.06. The summed E-state index contributed by atoms with van der Waals surface area (Å²) in [6.45, 7) is 0.504. The van der Waals surface area contributed by atoms with Crippen LogP contribution in [0.5, 0.6) is 11.8 Å². The third kappa shape index (κ3) is 3.19. The molecular weight excluding hydrogens is 244 g/mol. The van der Waals surface area contributed by atoms with Gasteiger partial charge in [-0.1, -0.05) is 0 Å². The van der Waals surface area contributed by atoms with Crippen molar-refractivity contribution >= 4 is 8.80 Å². The first-order valence-corrected chi connectivity index (χ1v) is 7.10. The monoisotopic (exact) mass is 262 g/mol. The molecular formula is C9H18N2O5Si. The van der Waals surface area contributed by atoms with Crippen molar-refractivity contribution in [3.8, 4) is 11.8 Å². The summed E-state index contributed by atoms with van der Waals surface area (Å²) in [6, 6.07) is 0.620. The second kappa shape index (κ2) is 6.01. The molecule has 0 unspecified atom stereocenters. The molecule has 7 nitrogen and oxygen atoms in total. The minimum atomic E-state index is -2.56. The lowest BCUT2D eigenvalue weighted by molar-refractivity contribution is 0.122. The van der Waals surface area contributed by atoms with Crippen molar-refractivity contribution in [2.24, 2.45) is 0 Å². The molecule has 1 rings (SSSR count). The normalized spacial score (nSPS) is 11.9. The second-order valence-electron chi connectivity index (χ2n) is 3.48. The molecule has 0 radical (unpaired) electrons. The van der Waals surface area contributed by atoms with Crippen LogP contribution in [0.1, 0.15) is 6.42 Å². The zero-order valence-electron chi connectivity index (χ0n) is 10.2. The second-order valence-corrected chi connectivity index (χ2v) is 6.57. The number of aryl methyl sites for hydroxylation is 1. The van der Waals surface area contributed by atoms with Crippen LogP contribution < -0.4 is 0 Å².